The number of benzene rings is 1. The lowest BCUT2D eigenvalue weighted by Gasteiger charge is -2.37. The van der Waals surface area contributed by atoms with Crippen molar-refractivity contribution in [1.29, 1.82) is 0 Å². The summed E-state index contributed by atoms with van der Waals surface area (Å²) in [5, 5.41) is 19.6. The van der Waals surface area contributed by atoms with Crippen LogP contribution in [0, 0.1) is 13.8 Å². The Labute approximate surface area is 169 Å². The Kier molecular flexibility index (Phi) is 4.89. The molecular weight excluding hydrogens is 399 g/mol. The molecule has 0 saturated carbocycles. The lowest BCUT2D eigenvalue weighted by molar-refractivity contribution is -0.179. The van der Waals surface area contributed by atoms with E-state index in [2.05, 4.69) is 20.5 Å². The summed E-state index contributed by atoms with van der Waals surface area (Å²) in [6, 6.07) is 4.28. The summed E-state index contributed by atoms with van der Waals surface area (Å²) < 4.78 is 40.6. The molecule has 1 amide bonds. The van der Waals surface area contributed by atoms with Crippen LogP contribution in [0.4, 0.5) is 13.2 Å². The van der Waals surface area contributed by atoms with E-state index in [0.29, 0.717) is 27.9 Å². The monoisotopic (exact) mass is 419 g/mol. The van der Waals surface area contributed by atoms with Gasteiger partial charge in [0, 0.05) is 30.9 Å². The number of aromatic nitrogens is 3. The maximum Gasteiger partial charge on any atom is 0.410 e. The van der Waals surface area contributed by atoms with Gasteiger partial charge in [-0.1, -0.05) is 0 Å². The Bertz CT molecular complexity index is 1130. The zero-order valence-electron chi connectivity index (χ0n) is 16.3. The Morgan fingerprint density at radius 1 is 1.27 bits per heavy atom. The number of nitrogens with one attached hydrogen (secondary N) is 2. The summed E-state index contributed by atoms with van der Waals surface area (Å²) in [6.07, 6.45) is -4.54. The number of rotatable bonds is 2. The highest BCUT2D eigenvalue weighted by Gasteiger charge is 2.47. The third kappa shape index (κ3) is 3.47. The minimum atomic E-state index is -4.54. The number of alkyl halides is 3. The summed E-state index contributed by atoms with van der Waals surface area (Å²) in [4.78, 5) is 18.7. The number of H-pyrrole nitrogens is 1. The third-order valence-electron chi connectivity index (χ3n) is 5.30. The van der Waals surface area contributed by atoms with Crippen LogP contribution >= 0.6 is 0 Å². The van der Waals surface area contributed by atoms with Gasteiger partial charge in [-0.2, -0.15) is 18.3 Å². The molecule has 1 fully saturated rings. The number of carbonyl (C=O) groups excluding carboxylic acids is 1. The molecule has 10 heteroatoms. The molecule has 1 aromatic carbocycles. The Morgan fingerprint density at radius 3 is 2.73 bits per heavy atom. The first-order valence-corrected chi connectivity index (χ1v) is 9.41. The van der Waals surface area contributed by atoms with E-state index in [-0.39, 0.29) is 36.6 Å². The number of aryl methyl sites for hydroxylation is 2. The van der Waals surface area contributed by atoms with Crippen LogP contribution in [0.2, 0.25) is 0 Å². The first-order chi connectivity index (χ1) is 14.2. The van der Waals surface area contributed by atoms with Gasteiger partial charge in [0.15, 0.2) is 5.65 Å². The maximum absolute atomic E-state index is 13.5. The molecule has 1 atom stereocenters. The Hall–Kier alpha value is -3.14. The number of phenolic OH excluding ortho intramolecular Hbond substituents is 1. The van der Waals surface area contributed by atoms with Gasteiger partial charge in [-0.15, -0.1) is 0 Å². The standard InChI is InChI=1S/C20H20F3N5O2/c1-10-7-12(29)3-4-13(10)15-8-14(17-11(2)26-27-18(17)25-15)19(30)28-6-5-24-9-16(28)20(21,22)23/h3-4,7-8,16,24,29H,5-6,9H2,1-2H3,(H,25,26,27). The molecule has 7 nitrogen and oxygen atoms in total. The van der Waals surface area contributed by atoms with E-state index in [1.807, 2.05) is 0 Å². The highest BCUT2D eigenvalue weighted by Crippen LogP contribution is 2.32. The van der Waals surface area contributed by atoms with Gasteiger partial charge >= 0.3 is 6.18 Å². The number of fused-ring (bicyclic) bond motifs is 1. The van der Waals surface area contributed by atoms with Crippen LogP contribution < -0.4 is 5.32 Å². The largest absolute Gasteiger partial charge is 0.508 e. The Balaban J connectivity index is 1.87. The third-order valence-corrected chi connectivity index (χ3v) is 5.30. The van der Waals surface area contributed by atoms with Crippen LogP contribution in [0.25, 0.3) is 22.3 Å². The number of pyridine rings is 1. The molecule has 0 radical (unpaired) electrons. The summed E-state index contributed by atoms with van der Waals surface area (Å²) in [5.74, 6) is -0.633. The summed E-state index contributed by atoms with van der Waals surface area (Å²) in [5.41, 5.74) is 2.67. The molecule has 158 valence electrons. The molecule has 0 spiro atoms. The number of piperazine rings is 1. The number of hydrogen-bond donors (Lipinski definition) is 3. The summed E-state index contributed by atoms with van der Waals surface area (Å²) >= 11 is 0. The summed E-state index contributed by atoms with van der Waals surface area (Å²) in [6.45, 7) is 3.34. The van der Waals surface area contributed by atoms with Gasteiger partial charge in [-0.3, -0.25) is 9.89 Å². The molecule has 3 N–H and O–H groups in total. The van der Waals surface area contributed by atoms with E-state index in [1.54, 1.807) is 26.0 Å². The Morgan fingerprint density at radius 2 is 2.03 bits per heavy atom. The van der Waals surface area contributed by atoms with Crippen molar-refractivity contribution >= 4 is 16.9 Å². The normalized spacial score (nSPS) is 17.5. The van der Waals surface area contributed by atoms with E-state index in [1.165, 1.54) is 12.1 Å². The zero-order chi connectivity index (χ0) is 21.6. The van der Waals surface area contributed by atoms with Crippen LogP contribution in [0.15, 0.2) is 24.3 Å². The molecule has 1 saturated heterocycles. The minimum absolute atomic E-state index is 0.0582. The SMILES string of the molecule is Cc1cc(O)ccc1-c1cc(C(=O)N2CCNCC2C(F)(F)F)c2c(C)[nH]nc2n1. The summed E-state index contributed by atoms with van der Waals surface area (Å²) in [7, 11) is 0. The molecule has 3 heterocycles. The second-order valence-corrected chi connectivity index (χ2v) is 7.36. The van der Waals surface area contributed by atoms with E-state index in [4.69, 9.17) is 0 Å². The molecular formula is C20H20F3N5O2. The maximum atomic E-state index is 13.5. The molecule has 30 heavy (non-hydrogen) atoms. The predicted octanol–water partition coefficient (Wildman–Crippen LogP) is 2.92. The van der Waals surface area contributed by atoms with Crippen molar-refractivity contribution in [2.45, 2.75) is 26.1 Å². The van der Waals surface area contributed by atoms with E-state index in [9.17, 15) is 23.1 Å². The van der Waals surface area contributed by atoms with Crippen molar-refractivity contribution in [3.8, 4) is 17.0 Å². The van der Waals surface area contributed by atoms with E-state index >= 15 is 0 Å². The molecule has 1 aliphatic rings. The fourth-order valence-electron chi connectivity index (χ4n) is 3.81. The fourth-order valence-corrected chi connectivity index (χ4v) is 3.81. The van der Waals surface area contributed by atoms with Gasteiger partial charge in [-0.25, -0.2) is 4.98 Å². The van der Waals surface area contributed by atoms with Gasteiger partial charge in [0.05, 0.1) is 16.6 Å². The van der Waals surface area contributed by atoms with Gasteiger partial charge in [0.25, 0.3) is 5.91 Å². The van der Waals surface area contributed by atoms with Crippen molar-refractivity contribution in [3.63, 3.8) is 0 Å². The number of nitrogens with zero attached hydrogens (tertiary/aromatic N) is 3. The highest BCUT2D eigenvalue weighted by atomic mass is 19.4. The minimum Gasteiger partial charge on any atom is -0.508 e. The van der Waals surface area contributed by atoms with Gasteiger partial charge in [0.2, 0.25) is 0 Å². The van der Waals surface area contributed by atoms with Crippen molar-refractivity contribution in [1.82, 2.24) is 25.4 Å². The van der Waals surface area contributed by atoms with Gasteiger partial charge < -0.3 is 15.3 Å². The molecule has 4 rings (SSSR count). The fraction of sp³-hybridized carbons (Fsp3) is 0.350. The number of amides is 1. The van der Waals surface area contributed by atoms with Gasteiger partial charge in [0.1, 0.15) is 11.8 Å². The predicted molar refractivity (Wildman–Crippen MR) is 104 cm³/mol. The molecule has 3 aromatic rings. The lowest BCUT2D eigenvalue weighted by atomic mass is 10.0. The average molecular weight is 419 g/mol. The second-order valence-electron chi connectivity index (χ2n) is 7.36. The van der Waals surface area contributed by atoms with E-state index in [0.717, 1.165) is 4.90 Å². The first kappa shape index (κ1) is 20.1. The van der Waals surface area contributed by atoms with Crippen molar-refractivity contribution in [2.75, 3.05) is 19.6 Å². The van der Waals surface area contributed by atoms with Gasteiger partial charge in [-0.05, 0) is 43.7 Å². The lowest BCUT2D eigenvalue weighted by Crippen LogP contribution is -2.59. The highest BCUT2D eigenvalue weighted by molar-refractivity contribution is 6.07. The molecule has 1 unspecified atom stereocenters. The average Bonchev–Trinajstić information content (AvgIpc) is 3.07. The number of carbonyl (C=O) groups is 1. The first-order valence-electron chi connectivity index (χ1n) is 9.41. The molecule has 2 aromatic heterocycles. The smallest absolute Gasteiger partial charge is 0.410 e. The van der Waals surface area contributed by atoms with Crippen LogP contribution in [-0.4, -0.2) is 62.9 Å². The molecule has 0 bridgehead atoms. The van der Waals surface area contributed by atoms with E-state index < -0.39 is 18.1 Å². The number of halogens is 3. The second kappa shape index (κ2) is 7.28. The number of hydrogen-bond acceptors (Lipinski definition) is 5. The number of aromatic amines is 1. The topological polar surface area (TPSA) is 94.1 Å². The molecule has 1 aliphatic heterocycles. The molecule has 0 aliphatic carbocycles. The number of aromatic hydroxyl groups is 1. The van der Waals surface area contributed by atoms with Crippen LogP contribution in [0.3, 0.4) is 0 Å². The zero-order valence-corrected chi connectivity index (χ0v) is 16.3. The van der Waals surface area contributed by atoms with Crippen LogP contribution in [0.5, 0.6) is 5.75 Å². The number of phenols is 1. The van der Waals surface area contributed by atoms with Crippen molar-refractivity contribution in [3.05, 3.63) is 41.1 Å². The van der Waals surface area contributed by atoms with Crippen molar-refractivity contribution < 1.29 is 23.1 Å². The quantitative estimate of drug-likeness (QED) is 0.594. The van der Waals surface area contributed by atoms with Crippen LogP contribution in [0.1, 0.15) is 21.6 Å². The van der Waals surface area contributed by atoms with Crippen molar-refractivity contribution in [2.24, 2.45) is 0 Å². The van der Waals surface area contributed by atoms with Crippen LogP contribution in [-0.2, 0) is 0 Å².